The van der Waals surface area contributed by atoms with Crippen molar-refractivity contribution in [3.05, 3.63) is 58.1 Å². The third-order valence-electron chi connectivity index (χ3n) is 4.89. The van der Waals surface area contributed by atoms with Crippen molar-refractivity contribution in [2.24, 2.45) is 5.92 Å². The topological polar surface area (TPSA) is 105 Å². The van der Waals surface area contributed by atoms with Crippen LogP contribution in [-0.2, 0) is 4.79 Å². The number of aliphatic hydroxyl groups excluding tert-OH is 1. The van der Waals surface area contributed by atoms with Gasteiger partial charge < -0.3 is 26.0 Å². The van der Waals surface area contributed by atoms with Crippen LogP contribution in [0.25, 0.3) is 0 Å². The van der Waals surface area contributed by atoms with Crippen LogP contribution in [0, 0.1) is 5.92 Å². The van der Waals surface area contributed by atoms with E-state index in [-0.39, 0.29) is 0 Å². The molecule has 0 aliphatic carbocycles. The Bertz CT molecular complexity index is 797. The van der Waals surface area contributed by atoms with Crippen LogP contribution in [0.4, 0.5) is 5.69 Å². The van der Waals surface area contributed by atoms with Gasteiger partial charge in [-0.25, -0.2) is 0 Å². The van der Waals surface area contributed by atoms with Gasteiger partial charge in [-0.3, -0.25) is 4.79 Å². The summed E-state index contributed by atoms with van der Waals surface area (Å²) in [4.78, 5) is 11.6. The number of halogens is 2. The number of rotatable bonds is 12. The van der Waals surface area contributed by atoms with E-state index in [0.29, 0.717) is 46.6 Å². The lowest BCUT2D eigenvalue weighted by Gasteiger charge is -2.21. The van der Waals surface area contributed by atoms with E-state index < -0.39 is 24.1 Å². The quantitative estimate of drug-likeness (QED) is 0.277. The highest BCUT2D eigenvalue weighted by molar-refractivity contribution is 6.38. The number of nitrogens with one attached hydrogen (secondary N) is 1. The average molecular weight is 455 g/mol. The Labute approximate surface area is 186 Å². The number of unbranched alkanes of at least 4 members (excludes halogenated alkanes) is 1. The molecule has 0 heterocycles. The second-order valence-electron chi connectivity index (χ2n) is 7.19. The van der Waals surface area contributed by atoms with Gasteiger partial charge in [-0.15, -0.1) is 0 Å². The van der Waals surface area contributed by atoms with E-state index in [1.165, 1.54) is 0 Å². The Balaban J connectivity index is 1.72. The number of carboxylic acids is 1. The third kappa shape index (κ3) is 7.36. The molecule has 6 nitrogen and oxygen atoms in total. The molecular weight excluding hydrogens is 427 g/mol. The zero-order valence-corrected chi connectivity index (χ0v) is 18.4. The van der Waals surface area contributed by atoms with E-state index in [4.69, 9.17) is 33.7 Å². The van der Waals surface area contributed by atoms with E-state index >= 15 is 0 Å². The first-order chi connectivity index (χ1) is 14.3. The molecule has 5 N–H and O–H groups in total. The minimum atomic E-state index is -0.862. The van der Waals surface area contributed by atoms with Gasteiger partial charge in [0.05, 0.1) is 27.8 Å². The monoisotopic (exact) mass is 454 g/mol. The molecule has 0 bridgehead atoms. The summed E-state index contributed by atoms with van der Waals surface area (Å²) >= 11 is 12.0. The summed E-state index contributed by atoms with van der Waals surface area (Å²) in [5, 5.41) is 23.6. The Morgan fingerprint density at radius 1 is 1.17 bits per heavy atom. The van der Waals surface area contributed by atoms with Crippen molar-refractivity contribution in [3.63, 3.8) is 0 Å². The molecule has 2 aromatic rings. The van der Waals surface area contributed by atoms with Crippen molar-refractivity contribution in [1.29, 1.82) is 0 Å². The lowest BCUT2D eigenvalue weighted by atomic mass is 9.96. The molecule has 0 saturated heterocycles. The van der Waals surface area contributed by atoms with Gasteiger partial charge in [0.15, 0.2) is 0 Å². The van der Waals surface area contributed by atoms with E-state index in [9.17, 15) is 15.0 Å². The largest absolute Gasteiger partial charge is 0.490 e. The van der Waals surface area contributed by atoms with Crippen molar-refractivity contribution < 1.29 is 19.7 Å². The molecule has 30 heavy (non-hydrogen) atoms. The predicted octanol–water partition coefficient (Wildman–Crippen LogP) is 4.54. The Kier molecular flexibility index (Phi) is 9.72. The summed E-state index contributed by atoms with van der Waals surface area (Å²) in [7, 11) is 0. The third-order valence-corrected chi connectivity index (χ3v) is 5.52. The van der Waals surface area contributed by atoms with Crippen LogP contribution < -0.4 is 15.8 Å². The molecule has 0 spiro atoms. The fraction of sp³-hybridized carbons (Fsp3) is 0.409. The number of aliphatic hydroxyl groups is 1. The lowest BCUT2D eigenvalue weighted by Crippen LogP contribution is -2.30. The molecule has 164 valence electrons. The highest BCUT2D eigenvalue weighted by atomic mass is 35.5. The number of hydrogen-bond acceptors (Lipinski definition) is 5. The highest BCUT2D eigenvalue weighted by Crippen LogP contribution is 2.31. The molecule has 3 atom stereocenters. The second-order valence-corrected chi connectivity index (χ2v) is 8.01. The molecule has 2 aromatic carbocycles. The lowest BCUT2D eigenvalue weighted by molar-refractivity contribution is -0.145. The number of anilines is 1. The number of nitrogens with two attached hydrogens (primary N) is 1. The molecule has 0 aliphatic heterocycles. The van der Waals surface area contributed by atoms with Crippen LogP contribution in [0.3, 0.4) is 0 Å². The van der Waals surface area contributed by atoms with Gasteiger partial charge in [-0.05, 0) is 56.1 Å². The first-order valence-corrected chi connectivity index (χ1v) is 10.6. The van der Waals surface area contributed by atoms with Crippen LogP contribution in [-0.4, -0.2) is 35.4 Å². The number of hydrogen-bond donors (Lipinski definition) is 4. The zero-order valence-electron chi connectivity index (χ0n) is 16.9. The number of benzene rings is 2. The maximum absolute atomic E-state index is 11.6. The molecule has 8 heteroatoms. The van der Waals surface area contributed by atoms with Gasteiger partial charge >= 0.3 is 5.97 Å². The second kappa shape index (κ2) is 12.0. The van der Waals surface area contributed by atoms with Crippen LogP contribution >= 0.6 is 23.2 Å². The van der Waals surface area contributed by atoms with Gasteiger partial charge in [0.1, 0.15) is 11.9 Å². The van der Waals surface area contributed by atoms with Crippen LogP contribution in [0.2, 0.25) is 10.0 Å². The zero-order chi connectivity index (χ0) is 22.1. The Morgan fingerprint density at radius 3 is 2.40 bits per heavy atom. The Hall–Kier alpha value is -1.99. The number of para-hydroxylation sites is 1. The van der Waals surface area contributed by atoms with Gasteiger partial charge in [-0.2, -0.15) is 0 Å². The standard InChI is InChI=1S/C22H28Cl2N2O4/c1-14(30-16-7-3-2-4-8-16)17(22(28)29)9-5-6-10-26-13-20(27)15-11-18(23)21(25)19(24)12-15/h2-4,7-8,11-12,14,17,20,26-27H,5-6,9-10,13,25H2,1H3,(H,28,29). The minimum Gasteiger partial charge on any atom is -0.490 e. The number of nitrogen functional groups attached to an aromatic ring is 1. The molecule has 0 saturated carbocycles. The summed E-state index contributed by atoms with van der Waals surface area (Å²) in [6, 6.07) is 12.4. The first-order valence-electron chi connectivity index (χ1n) is 9.87. The Morgan fingerprint density at radius 2 is 1.80 bits per heavy atom. The van der Waals surface area contributed by atoms with Crippen molar-refractivity contribution in [2.45, 2.75) is 38.4 Å². The number of aliphatic carboxylic acids is 1. The van der Waals surface area contributed by atoms with Crippen molar-refractivity contribution in [1.82, 2.24) is 5.32 Å². The van der Waals surface area contributed by atoms with Crippen molar-refractivity contribution >= 4 is 34.9 Å². The number of carboxylic acid groups (broad SMARTS) is 1. The molecule has 0 aromatic heterocycles. The minimum absolute atomic E-state index is 0.292. The molecule has 0 aliphatic rings. The van der Waals surface area contributed by atoms with E-state index in [1.54, 1.807) is 19.1 Å². The predicted molar refractivity (Wildman–Crippen MR) is 120 cm³/mol. The summed E-state index contributed by atoms with van der Waals surface area (Å²) in [6.45, 7) is 2.75. The average Bonchev–Trinajstić information content (AvgIpc) is 2.71. The maximum atomic E-state index is 11.6. The molecular formula is C22H28Cl2N2O4. The number of ether oxygens (including phenoxy) is 1. The summed E-state index contributed by atoms with van der Waals surface area (Å²) in [5.41, 5.74) is 6.58. The molecule has 0 amide bonds. The normalized spacial score (nSPS) is 14.1. The maximum Gasteiger partial charge on any atom is 0.310 e. The summed E-state index contributed by atoms with van der Waals surface area (Å²) in [6.07, 6.45) is 0.808. The first kappa shape index (κ1) is 24.3. The van der Waals surface area contributed by atoms with Crippen LogP contribution in [0.1, 0.15) is 37.9 Å². The fourth-order valence-electron chi connectivity index (χ4n) is 3.12. The smallest absolute Gasteiger partial charge is 0.310 e. The van der Waals surface area contributed by atoms with Gasteiger partial charge in [0, 0.05) is 6.54 Å². The fourth-order valence-corrected chi connectivity index (χ4v) is 3.63. The molecule has 0 radical (unpaired) electrons. The summed E-state index contributed by atoms with van der Waals surface area (Å²) < 4.78 is 5.76. The van der Waals surface area contributed by atoms with Crippen LogP contribution in [0.15, 0.2) is 42.5 Å². The van der Waals surface area contributed by atoms with E-state index in [2.05, 4.69) is 5.32 Å². The van der Waals surface area contributed by atoms with Crippen molar-refractivity contribution in [2.75, 3.05) is 18.8 Å². The van der Waals surface area contributed by atoms with E-state index in [0.717, 1.165) is 12.8 Å². The van der Waals surface area contributed by atoms with E-state index in [1.807, 2.05) is 30.3 Å². The molecule has 3 unspecified atom stereocenters. The summed E-state index contributed by atoms with van der Waals surface area (Å²) in [5.74, 6) is -0.788. The highest BCUT2D eigenvalue weighted by Gasteiger charge is 2.25. The van der Waals surface area contributed by atoms with Gasteiger partial charge in [0.25, 0.3) is 0 Å². The van der Waals surface area contributed by atoms with Crippen LogP contribution in [0.5, 0.6) is 5.75 Å². The van der Waals surface area contributed by atoms with Gasteiger partial charge in [-0.1, -0.05) is 47.8 Å². The molecule has 2 rings (SSSR count). The van der Waals surface area contributed by atoms with Gasteiger partial charge in [0.2, 0.25) is 0 Å². The SMILES string of the molecule is CC(Oc1ccccc1)C(CCCCNCC(O)c1cc(Cl)c(N)c(Cl)c1)C(=O)O. The van der Waals surface area contributed by atoms with Crippen molar-refractivity contribution in [3.8, 4) is 5.75 Å². The molecule has 0 fully saturated rings. The number of carbonyl (C=O) groups is 1.